The fraction of sp³-hybridized carbons (Fsp3) is 0.800. The summed E-state index contributed by atoms with van der Waals surface area (Å²) in [7, 11) is 0. The predicted octanol–water partition coefficient (Wildman–Crippen LogP) is -1.81. The number of nitrogens with one attached hydrogen (secondary N) is 4. The molecule has 4 N–H and O–H groups in total. The van der Waals surface area contributed by atoms with Crippen LogP contribution in [0.1, 0.15) is 12.8 Å². The fourth-order valence-corrected chi connectivity index (χ4v) is 1.44. The molecule has 0 radical (unpaired) electrons. The molecular formula is C10H20CuN4O2+. The summed E-state index contributed by atoms with van der Waals surface area (Å²) in [6.45, 7) is 4.50. The van der Waals surface area contributed by atoms with Gasteiger partial charge in [-0.2, -0.15) is 0 Å². The van der Waals surface area contributed by atoms with Gasteiger partial charge in [-0.05, 0) is 19.5 Å². The van der Waals surface area contributed by atoms with Crippen molar-refractivity contribution in [2.45, 2.75) is 12.8 Å². The zero-order chi connectivity index (χ0) is 11.6. The molecule has 1 rings (SSSR count). The van der Waals surface area contributed by atoms with Gasteiger partial charge >= 0.3 is 17.1 Å². The molecule has 0 bridgehead atoms. The summed E-state index contributed by atoms with van der Waals surface area (Å²) >= 11 is 0. The minimum Gasteiger partial charge on any atom is -0.354 e. The Balaban J connectivity index is 0.00000256. The monoisotopic (exact) mass is 291 g/mol. The molecule has 2 amide bonds. The molecule has 0 unspecified atom stereocenters. The maximum Gasteiger partial charge on any atom is 1.00 e. The summed E-state index contributed by atoms with van der Waals surface area (Å²) in [6, 6.07) is 0. The molecule has 0 aromatic heterocycles. The first-order valence-corrected chi connectivity index (χ1v) is 5.74. The third kappa shape index (κ3) is 9.11. The minimum absolute atomic E-state index is 0. The first kappa shape index (κ1) is 16.4. The third-order valence-electron chi connectivity index (χ3n) is 2.28. The molecule has 0 aliphatic carbocycles. The van der Waals surface area contributed by atoms with Gasteiger partial charge in [-0.15, -0.1) is 0 Å². The second-order valence-electron chi connectivity index (χ2n) is 3.73. The molecule has 7 heteroatoms. The van der Waals surface area contributed by atoms with Crippen LogP contribution in [0.2, 0.25) is 0 Å². The van der Waals surface area contributed by atoms with Crippen LogP contribution in [0.4, 0.5) is 0 Å². The molecule has 0 atom stereocenters. The van der Waals surface area contributed by atoms with E-state index in [0.717, 1.165) is 32.6 Å². The van der Waals surface area contributed by atoms with Gasteiger partial charge in [0.2, 0.25) is 11.8 Å². The van der Waals surface area contributed by atoms with Crippen molar-refractivity contribution >= 4 is 11.8 Å². The molecular weight excluding hydrogens is 272 g/mol. The van der Waals surface area contributed by atoms with Gasteiger partial charge in [-0.1, -0.05) is 0 Å². The normalized spacial score (nSPS) is 20.5. The van der Waals surface area contributed by atoms with Crippen LogP contribution in [0.15, 0.2) is 0 Å². The van der Waals surface area contributed by atoms with Crippen molar-refractivity contribution < 1.29 is 26.7 Å². The number of hydrogen-bond donors (Lipinski definition) is 4. The van der Waals surface area contributed by atoms with Crippen LogP contribution in [0.25, 0.3) is 0 Å². The van der Waals surface area contributed by atoms with E-state index >= 15 is 0 Å². The van der Waals surface area contributed by atoms with Crippen LogP contribution in [0.5, 0.6) is 0 Å². The van der Waals surface area contributed by atoms with Crippen LogP contribution in [0.3, 0.4) is 0 Å². The Morgan fingerprint density at radius 1 is 0.706 bits per heavy atom. The average molecular weight is 292 g/mol. The summed E-state index contributed by atoms with van der Waals surface area (Å²) < 4.78 is 0. The molecule has 1 saturated heterocycles. The number of amides is 2. The van der Waals surface area contributed by atoms with Gasteiger partial charge in [0.05, 0.1) is 0 Å². The fourth-order valence-electron chi connectivity index (χ4n) is 1.44. The molecule has 6 nitrogen and oxygen atoms in total. The van der Waals surface area contributed by atoms with Gasteiger partial charge in [-0.25, -0.2) is 0 Å². The minimum atomic E-state index is -0.218. The van der Waals surface area contributed by atoms with E-state index in [9.17, 15) is 9.59 Å². The Morgan fingerprint density at radius 3 is 1.65 bits per heavy atom. The maximum atomic E-state index is 11.2. The van der Waals surface area contributed by atoms with Gasteiger partial charge in [0.25, 0.3) is 0 Å². The Labute approximate surface area is 112 Å². The summed E-state index contributed by atoms with van der Waals surface area (Å²) in [4.78, 5) is 22.5. The molecule has 1 heterocycles. The zero-order valence-corrected chi connectivity index (χ0v) is 10.7. The van der Waals surface area contributed by atoms with Crippen molar-refractivity contribution in [2.75, 3.05) is 39.3 Å². The van der Waals surface area contributed by atoms with Crippen LogP contribution in [0, 0.1) is 0 Å². The van der Waals surface area contributed by atoms with Crippen molar-refractivity contribution in [1.82, 2.24) is 21.3 Å². The molecule has 0 spiro atoms. The number of carbonyl (C=O) groups is 2. The molecule has 1 fully saturated rings. The molecule has 0 saturated carbocycles. The van der Waals surface area contributed by atoms with Gasteiger partial charge in [0.1, 0.15) is 6.42 Å². The van der Waals surface area contributed by atoms with E-state index in [1.807, 2.05) is 0 Å². The first-order valence-electron chi connectivity index (χ1n) is 5.74. The SMILES string of the molecule is O=C1CC(=O)NCCNCCCNCCN1.[Cu+]. The molecule has 102 valence electrons. The van der Waals surface area contributed by atoms with E-state index in [4.69, 9.17) is 0 Å². The quantitative estimate of drug-likeness (QED) is 0.313. The van der Waals surface area contributed by atoms with E-state index in [-0.39, 0.29) is 35.3 Å². The second kappa shape index (κ2) is 10.5. The Bertz CT molecular complexity index is 216. The van der Waals surface area contributed by atoms with Crippen LogP contribution in [-0.4, -0.2) is 51.1 Å². The Kier molecular flexibility index (Phi) is 10.1. The van der Waals surface area contributed by atoms with E-state index in [1.165, 1.54) is 0 Å². The predicted molar refractivity (Wildman–Crippen MR) is 61.0 cm³/mol. The smallest absolute Gasteiger partial charge is 0.354 e. The van der Waals surface area contributed by atoms with E-state index in [0.29, 0.717) is 13.1 Å². The zero-order valence-electron chi connectivity index (χ0n) is 9.77. The topological polar surface area (TPSA) is 82.3 Å². The maximum absolute atomic E-state index is 11.2. The standard InChI is InChI=1S/C10H20N4O2.Cu/c15-9-8-10(16)14-7-5-12-3-1-2-11-4-6-13-9;/h11-12H,1-8H2,(H,13,15)(H,14,16);/q;+1. The van der Waals surface area contributed by atoms with Gasteiger partial charge < -0.3 is 21.3 Å². The summed E-state index contributed by atoms with van der Waals surface area (Å²) in [5.74, 6) is -0.436. The van der Waals surface area contributed by atoms with Crippen molar-refractivity contribution in [3.63, 3.8) is 0 Å². The van der Waals surface area contributed by atoms with Crippen molar-refractivity contribution in [3.8, 4) is 0 Å². The number of hydrogen-bond acceptors (Lipinski definition) is 4. The molecule has 1 aliphatic heterocycles. The van der Waals surface area contributed by atoms with Gasteiger partial charge in [-0.3, -0.25) is 9.59 Å². The second-order valence-corrected chi connectivity index (χ2v) is 3.73. The van der Waals surface area contributed by atoms with E-state index in [1.54, 1.807) is 0 Å². The van der Waals surface area contributed by atoms with Crippen molar-refractivity contribution in [3.05, 3.63) is 0 Å². The van der Waals surface area contributed by atoms with Gasteiger partial charge in [0.15, 0.2) is 0 Å². The average Bonchev–Trinajstić information content (AvgIpc) is 2.25. The van der Waals surface area contributed by atoms with Crippen molar-refractivity contribution in [2.24, 2.45) is 0 Å². The molecule has 17 heavy (non-hydrogen) atoms. The van der Waals surface area contributed by atoms with E-state index < -0.39 is 0 Å². The molecule has 0 aromatic rings. The molecule has 0 aromatic carbocycles. The van der Waals surface area contributed by atoms with Crippen LogP contribution < -0.4 is 21.3 Å². The number of rotatable bonds is 0. The Hall–Kier alpha value is -0.621. The summed E-state index contributed by atoms with van der Waals surface area (Å²) in [5.41, 5.74) is 0. The summed E-state index contributed by atoms with van der Waals surface area (Å²) in [6.07, 6.45) is 0.960. The first-order chi connectivity index (χ1) is 7.79. The Morgan fingerprint density at radius 2 is 1.18 bits per heavy atom. The van der Waals surface area contributed by atoms with Crippen molar-refractivity contribution in [1.29, 1.82) is 0 Å². The van der Waals surface area contributed by atoms with E-state index in [2.05, 4.69) is 21.3 Å². The van der Waals surface area contributed by atoms with Gasteiger partial charge in [0, 0.05) is 26.2 Å². The number of carbonyl (C=O) groups excluding carboxylic acids is 2. The van der Waals surface area contributed by atoms with Crippen LogP contribution >= 0.6 is 0 Å². The van der Waals surface area contributed by atoms with Crippen LogP contribution in [-0.2, 0) is 26.7 Å². The summed E-state index contributed by atoms with van der Waals surface area (Å²) in [5, 5.41) is 11.8. The molecule has 1 aliphatic rings. The third-order valence-corrected chi connectivity index (χ3v) is 2.28. The largest absolute Gasteiger partial charge is 1.00 e.